The second-order valence-corrected chi connectivity index (χ2v) is 3.14. The first-order chi connectivity index (χ1) is 6.65. The molecule has 0 aliphatic carbocycles. The topological polar surface area (TPSA) is 46.2 Å². The van der Waals surface area contributed by atoms with Crippen molar-refractivity contribution in [3.05, 3.63) is 35.4 Å². The van der Waals surface area contributed by atoms with E-state index in [0.717, 1.165) is 6.07 Å². The van der Waals surface area contributed by atoms with Gasteiger partial charge in [0.25, 0.3) is 0 Å². The van der Waals surface area contributed by atoms with Crippen molar-refractivity contribution >= 4 is 12.4 Å². The number of aliphatic hydroxyl groups excluding tert-OH is 1. The van der Waals surface area contributed by atoms with Crippen LogP contribution in [0.2, 0.25) is 0 Å². The monoisotopic (exact) mass is 237 g/mol. The highest BCUT2D eigenvalue weighted by atomic mass is 35.5. The minimum atomic E-state index is -0.629. The van der Waals surface area contributed by atoms with Crippen LogP contribution in [0.15, 0.2) is 18.2 Å². The molecular weight excluding hydrogens is 224 g/mol. The van der Waals surface area contributed by atoms with Crippen LogP contribution in [-0.2, 0) is 0 Å². The summed E-state index contributed by atoms with van der Waals surface area (Å²) in [4.78, 5) is 0. The predicted octanol–water partition coefficient (Wildman–Crippen LogP) is 2.16. The zero-order valence-corrected chi connectivity index (χ0v) is 8.94. The summed E-state index contributed by atoms with van der Waals surface area (Å²) >= 11 is 0. The van der Waals surface area contributed by atoms with E-state index in [2.05, 4.69) is 0 Å². The third-order valence-electron chi connectivity index (χ3n) is 2.04. The van der Waals surface area contributed by atoms with Gasteiger partial charge in [-0.05, 0) is 18.9 Å². The number of nitrogens with two attached hydrogens (primary N) is 1. The van der Waals surface area contributed by atoms with Gasteiger partial charge < -0.3 is 10.8 Å². The third kappa shape index (κ3) is 4.11. The summed E-state index contributed by atoms with van der Waals surface area (Å²) < 4.78 is 25.7. The zero-order chi connectivity index (χ0) is 10.6. The van der Waals surface area contributed by atoms with Gasteiger partial charge in [0.05, 0.1) is 0 Å². The lowest BCUT2D eigenvalue weighted by molar-refractivity contribution is 0.279. The molecule has 1 aromatic rings. The molecule has 0 unspecified atom stereocenters. The SMILES string of the molecule is Cl.N[C@H](CCCO)c1ccc(F)cc1F. The molecule has 0 saturated heterocycles. The van der Waals surface area contributed by atoms with Gasteiger partial charge in [-0.3, -0.25) is 0 Å². The van der Waals surface area contributed by atoms with E-state index >= 15 is 0 Å². The van der Waals surface area contributed by atoms with Crippen molar-refractivity contribution < 1.29 is 13.9 Å². The molecule has 0 bridgehead atoms. The summed E-state index contributed by atoms with van der Waals surface area (Å²) in [6.45, 7) is 0.0243. The average Bonchev–Trinajstić information content (AvgIpc) is 2.14. The molecule has 1 aromatic carbocycles. The molecule has 0 spiro atoms. The molecule has 0 heterocycles. The highest BCUT2D eigenvalue weighted by molar-refractivity contribution is 5.85. The smallest absolute Gasteiger partial charge is 0.130 e. The molecule has 0 fully saturated rings. The number of halogens is 3. The summed E-state index contributed by atoms with van der Waals surface area (Å²) in [5, 5.41) is 8.57. The summed E-state index contributed by atoms with van der Waals surface area (Å²) in [6, 6.07) is 2.85. The van der Waals surface area contributed by atoms with Crippen LogP contribution in [0, 0.1) is 11.6 Å². The molecular formula is C10H14ClF2NO. The Morgan fingerprint density at radius 1 is 1.33 bits per heavy atom. The van der Waals surface area contributed by atoms with Crippen LogP contribution in [0.3, 0.4) is 0 Å². The second-order valence-electron chi connectivity index (χ2n) is 3.14. The number of aliphatic hydroxyl groups is 1. The van der Waals surface area contributed by atoms with E-state index in [0.29, 0.717) is 18.4 Å². The van der Waals surface area contributed by atoms with Gasteiger partial charge in [-0.2, -0.15) is 0 Å². The number of hydrogen-bond donors (Lipinski definition) is 2. The molecule has 1 atom stereocenters. The van der Waals surface area contributed by atoms with Gasteiger partial charge in [0.1, 0.15) is 11.6 Å². The van der Waals surface area contributed by atoms with Crippen molar-refractivity contribution in [3.8, 4) is 0 Å². The van der Waals surface area contributed by atoms with Crippen LogP contribution in [0.4, 0.5) is 8.78 Å². The van der Waals surface area contributed by atoms with Crippen molar-refractivity contribution in [2.24, 2.45) is 5.73 Å². The molecule has 0 amide bonds. The van der Waals surface area contributed by atoms with E-state index < -0.39 is 17.7 Å². The average molecular weight is 238 g/mol. The van der Waals surface area contributed by atoms with Gasteiger partial charge in [0.15, 0.2) is 0 Å². The largest absolute Gasteiger partial charge is 0.396 e. The number of rotatable bonds is 4. The van der Waals surface area contributed by atoms with E-state index in [4.69, 9.17) is 10.8 Å². The van der Waals surface area contributed by atoms with Crippen molar-refractivity contribution in [2.75, 3.05) is 6.61 Å². The lowest BCUT2D eigenvalue weighted by atomic mass is 10.0. The molecule has 3 N–H and O–H groups in total. The first kappa shape index (κ1) is 14.3. The Hall–Kier alpha value is -0.710. The maximum Gasteiger partial charge on any atom is 0.130 e. The third-order valence-corrected chi connectivity index (χ3v) is 2.04. The van der Waals surface area contributed by atoms with Crippen molar-refractivity contribution in [2.45, 2.75) is 18.9 Å². The normalized spacial score (nSPS) is 12.0. The number of benzene rings is 1. The Morgan fingerprint density at radius 2 is 2.00 bits per heavy atom. The van der Waals surface area contributed by atoms with Gasteiger partial charge in [-0.25, -0.2) is 8.78 Å². The summed E-state index contributed by atoms with van der Waals surface area (Å²) in [5.41, 5.74) is 5.95. The number of hydrogen-bond acceptors (Lipinski definition) is 2. The van der Waals surface area contributed by atoms with E-state index in [1.807, 2.05) is 0 Å². The molecule has 5 heteroatoms. The van der Waals surface area contributed by atoms with Gasteiger partial charge >= 0.3 is 0 Å². The van der Waals surface area contributed by atoms with Crippen LogP contribution >= 0.6 is 12.4 Å². The van der Waals surface area contributed by atoms with E-state index in [9.17, 15) is 8.78 Å². The van der Waals surface area contributed by atoms with Crippen LogP contribution in [0.25, 0.3) is 0 Å². The molecule has 2 nitrogen and oxygen atoms in total. The summed E-state index contributed by atoms with van der Waals surface area (Å²) in [6.07, 6.45) is 0.997. The minimum Gasteiger partial charge on any atom is -0.396 e. The highest BCUT2D eigenvalue weighted by Gasteiger charge is 2.11. The van der Waals surface area contributed by atoms with Crippen molar-refractivity contribution in [1.82, 2.24) is 0 Å². The van der Waals surface area contributed by atoms with E-state index in [1.54, 1.807) is 0 Å². The van der Waals surface area contributed by atoms with Crippen LogP contribution in [-0.4, -0.2) is 11.7 Å². The molecule has 86 valence electrons. The Bertz CT molecular complexity index is 309. The summed E-state index contributed by atoms with van der Waals surface area (Å²) in [7, 11) is 0. The zero-order valence-electron chi connectivity index (χ0n) is 8.12. The van der Waals surface area contributed by atoms with Crippen molar-refractivity contribution in [3.63, 3.8) is 0 Å². The predicted molar refractivity (Wildman–Crippen MR) is 56.9 cm³/mol. The fraction of sp³-hybridized carbons (Fsp3) is 0.400. The Morgan fingerprint density at radius 3 is 2.53 bits per heavy atom. The Kier molecular flexibility index (Phi) is 6.40. The Labute approximate surface area is 93.5 Å². The van der Waals surface area contributed by atoms with Crippen LogP contribution in [0.1, 0.15) is 24.4 Å². The van der Waals surface area contributed by atoms with Crippen LogP contribution in [0.5, 0.6) is 0 Å². The fourth-order valence-corrected chi connectivity index (χ4v) is 1.27. The minimum absolute atomic E-state index is 0. The first-order valence-corrected chi connectivity index (χ1v) is 4.46. The lowest BCUT2D eigenvalue weighted by Gasteiger charge is -2.11. The molecule has 0 saturated carbocycles. The second kappa shape index (κ2) is 6.71. The highest BCUT2D eigenvalue weighted by Crippen LogP contribution is 2.19. The molecule has 15 heavy (non-hydrogen) atoms. The fourth-order valence-electron chi connectivity index (χ4n) is 1.27. The molecule has 0 aliphatic heterocycles. The van der Waals surface area contributed by atoms with E-state index in [1.165, 1.54) is 12.1 Å². The van der Waals surface area contributed by atoms with Crippen molar-refractivity contribution in [1.29, 1.82) is 0 Å². The van der Waals surface area contributed by atoms with Gasteiger partial charge in [-0.1, -0.05) is 6.07 Å². The molecule has 1 rings (SSSR count). The maximum atomic E-state index is 13.1. The van der Waals surface area contributed by atoms with E-state index in [-0.39, 0.29) is 19.0 Å². The molecule has 0 radical (unpaired) electrons. The first-order valence-electron chi connectivity index (χ1n) is 4.46. The Balaban J connectivity index is 0.00000196. The van der Waals surface area contributed by atoms with Gasteiger partial charge in [0, 0.05) is 24.3 Å². The molecule has 0 aromatic heterocycles. The van der Waals surface area contributed by atoms with Gasteiger partial charge in [-0.15, -0.1) is 12.4 Å². The maximum absolute atomic E-state index is 13.1. The molecule has 0 aliphatic rings. The lowest BCUT2D eigenvalue weighted by Crippen LogP contribution is -2.12. The standard InChI is InChI=1S/C10H13F2NO.ClH/c11-7-3-4-8(9(12)6-7)10(13)2-1-5-14;/h3-4,6,10,14H,1-2,5,13H2;1H/t10-;/m1./s1. The van der Waals surface area contributed by atoms with Crippen LogP contribution < -0.4 is 5.73 Å². The summed E-state index contributed by atoms with van der Waals surface area (Å²) in [5.74, 6) is -1.24. The van der Waals surface area contributed by atoms with Gasteiger partial charge in [0.2, 0.25) is 0 Å². The quantitative estimate of drug-likeness (QED) is 0.843.